The first-order chi connectivity index (χ1) is 11.7. The molecule has 0 saturated heterocycles. The van der Waals surface area contributed by atoms with Crippen molar-refractivity contribution in [3.8, 4) is 5.75 Å². The van der Waals surface area contributed by atoms with E-state index in [-0.39, 0.29) is 17.1 Å². The van der Waals surface area contributed by atoms with Gasteiger partial charge in [-0.15, -0.1) is 0 Å². The van der Waals surface area contributed by atoms with Crippen molar-refractivity contribution >= 4 is 21.6 Å². The molecule has 6 nitrogen and oxygen atoms in total. The molecule has 0 aromatic heterocycles. The highest BCUT2D eigenvalue weighted by molar-refractivity contribution is 7.89. The van der Waals surface area contributed by atoms with Crippen LogP contribution in [0.25, 0.3) is 0 Å². The van der Waals surface area contributed by atoms with Crippen LogP contribution in [-0.2, 0) is 14.8 Å². The first-order valence-corrected chi connectivity index (χ1v) is 9.09. The van der Waals surface area contributed by atoms with E-state index in [1.165, 1.54) is 18.2 Å². The van der Waals surface area contributed by atoms with Crippen molar-refractivity contribution in [2.24, 2.45) is 0 Å². The standard InChI is InChI=1S/C17H19FN2O4S/c1-3-15(17(22)19-16-9-6-13(21)10-11(16)2)20-25(23,24)14-7-4-12(18)5-8-14/h4-10,15,20-21H,3H2,1-2H3,(H,19,22). The molecule has 2 aromatic rings. The molecule has 2 rings (SSSR count). The van der Waals surface area contributed by atoms with Gasteiger partial charge in [0.05, 0.1) is 4.90 Å². The van der Waals surface area contributed by atoms with Crippen LogP contribution >= 0.6 is 0 Å². The van der Waals surface area contributed by atoms with Crippen molar-refractivity contribution in [2.75, 3.05) is 5.32 Å². The Morgan fingerprint density at radius 2 is 1.84 bits per heavy atom. The minimum Gasteiger partial charge on any atom is -0.508 e. The number of aryl methyl sites for hydroxylation is 1. The molecule has 134 valence electrons. The zero-order valence-corrected chi connectivity index (χ0v) is 14.6. The molecule has 0 aliphatic rings. The van der Waals surface area contributed by atoms with E-state index in [1.807, 2.05) is 0 Å². The SMILES string of the molecule is CCC(NS(=O)(=O)c1ccc(F)cc1)C(=O)Nc1ccc(O)cc1C. The Bertz CT molecular complexity index is 867. The summed E-state index contributed by atoms with van der Waals surface area (Å²) in [5, 5.41) is 12.0. The second-order valence-electron chi connectivity index (χ2n) is 5.52. The number of amides is 1. The number of carbonyl (C=O) groups is 1. The van der Waals surface area contributed by atoms with Crippen LogP contribution < -0.4 is 10.0 Å². The number of phenolic OH excluding ortho intramolecular Hbond substituents is 1. The van der Waals surface area contributed by atoms with E-state index < -0.39 is 27.8 Å². The number of hydrogen-bond acceptors (Lipinski definition) is 4. The van der Waals surface area contributed by atoms with E-state index in [9.17, 15) is 22.7 Å². The van der Waals surface area contributed by atoms with Crippen LogP contribution in [0.5, 0.6) is 5.75 Å². The Labute approximate surface area is 145 Å². The summed E-state index contributed by atoms with van der Waals surface area (Å²) in [6.45, 7) is 3.38. The van der Waals surface area contributed by atoms with Gasteiger partial charge in [-0.05, 0) is 61.4 Å². The van der Waals surface area contributed by atoms with Crippen LogP contribution in [-0.4, -0.2) is 25.5 Å². The second kappa shape index (κ2) is 7.62. The van der Waals surface area contributed by atoms with Crippen LogP contribution in [0, 0.1) is 12.7 Å². The third-order valence-corrected chi connectivity index (χ3v) is 5.10. The molecule has 0 saturated carbocycles. The fraction of sp³-hybridized carbons (Fsp3) is 0.235. The Morgan fingerprint density at radius 1 is 1.20 bits per heavy atom. The van der Waals surface area contributed by atoms with E-state index in [4.69, 9.17) is 0 Å². The highest BCUT2D eigenvalue weighted by atomic mass is 32.2. The average molecular weight is 366 g/mol. The van der Waals surface area contributed by atoms with Gasteiger partial charge in [-0.3, -0.25) is 4.79 Å². The summed E-state index contributed by atoms with van der Waals surface area (Å²) in [4.78, 5) is 12.3. The number of sulfonamides is 1. The zero-order chi connectivity index (χ0) is 18.6. The van der Waals surface area contributed by atoms with E-state index >= 15 is 0 Å². The zero-order valence-electron chi connectivity index (χ0n) is 13.8. The quantitative estimate of drug-likeness (QED) is 0.685. The molecule has 1 atom stereocenters. The molecule has 0 aliphatic heterocycles. The molecule has 0 radical (unpaired) electrons. The van der Waals surface area contributed by atoms with Gasteiger partial charge in [-0.25, -0.2) is 12.8 Å². The number of aromatic hydroxyl groups is 1. The van der Waals surface area contributed by atoms with Crippen molar-refractivity contribution in [1.82, 2.24) is 4.72 Å². The summed E-state index contributed by atoms with van der Waals surface area (Å²) in [6, 6.07) is 7.78. The summed E-state index contributed by atoms with van der Waals surface area (Å²) in [5.74, 6) is -1.01. The molecular formula is C17H19FN2O4S. The predicted octanol–water partition coefficient (Wildman–Crippen LogP) is 2.54. The maximum atomic E-state index is 12.9. The van der Waals surface area contributed by atoms with Crippen molar-refractivity contribution in [3.63, 3.8) is 0 Å². The minimum atomic E-state index is -3.96. The number of carbonyl (C=O) groups excluding carboxylic acids is 1. The van der Waals surface area contributed by atoms with E-state index in [2.05, 4.69) is 10.0 Å². The molecule has 0 fully saturated rings. The normalized spacial score (nSPS) is 12.6. The molecule has 2 aromatic carbocycles. The van der Waals surface area contributed by atoms with Crippen molar-refractivity contribution < 1.29 is 22.7 Å². The lowest BCUT2D eigenvalue weighted by atomic mass is 10.1. The van der Waals surface area contributed by atoms with E-state index in [0.29, 0.717) is 11.3 Å². The van der Waals surface area contributed by atoms with Gasteiger partial charge < -0.3 is 10.4 Å². The van der Waals surface area contributed by atoms with Gasteiger partial charge in [-0.2, -0.15) is 4.72 Å². The monoisotopic (exact) mass is 366 g/mol. The first-order valence-electron chi connectivity index (χ1n) is 7.61. The van der Waals surface area contributed by atoms with Crippen molar-refractivity contribution in [3.05, 3.63) is 53.8 Å². The molecule has 25 heavy (non-hydrogen) atoms. The summed E-state index contributed by atoms with van der Waals surface area (Å²) >= 11 is 0. The van der Waals surface area contributed by atoms with Crippen LogP contribution in [0.2, 0.25) is 0 Å². The maximum Gasteiger partial charge on any atom is 0.242 e. The molecule has 8 heteroatoms. The highest BCUT2D eigenvalue weighted by Gasteiger charge is 2.24. The lowest BCUT2D eigenvalue weighted by molar-refractivity contribution is -0.117. The maximum absolute atomic E-state index is 12.9. The number of anilines is 1. The average Bonchev–Trinajstić information content (AvgIpc) is 2.55. The van der Waals surface area contributed by atoms with Gasteiger partial charge >= 0.3 is 0 Å². The summed E-state index contributed by atoms with van der Waals surface area (Å²) in [7, 11) is -3.96. The number of rotatable bonds is 6. The highest BCUT2D eigenvalue weighted by Crippen LogP contribution is 2.20. The fourth-order valence-electron chi connectivity index (χ4n) is 2.20. The van der Waals surface area contributed by atoms with Gasteiger partial charge in [0.1, 0.15) is 17.6 Å². The second-order valence-corrected chi connectivity index (χ2v) is 7.24. The van der Waals surface area contributed by atoms with E-state index in [1.54, 1.807) is 13.8 Å². The number of benzene rings is 2. The van der Waals surface area contributed by atoms with E-state index in [0.717, 1.165) is 24.3 Å². The van der Waals surface area contributed by atoms with Crippen LogP contribution in [0.4, 0.5) is 10.1 Å². The lowest BCUT2D eigenvalue weighted by Gasteiger charge is -2.18. The van der Waals surface area contributed by atoms with Crippen LogP contribution in [0.15, 0.2) is 47.4 Å². The van der Waals surface area contributed by atoms with Crippen molar-refractivity contribution in [1.29, 1.82) is 0 Å². The number of hydrogen-bond donors (Lipinski definition) is 3. The molecule has 0 heterocycles. The third kappa shape index (κ3) is 4.77. The lowest BCUT2D eigenvalue weighted by Crippen LogP contribution is -2.43. The van der Waals surface area contributed by atoms with Gasteiger partial charge in [-0.1, -0.05) is 6.92 Å². The third-order valence-electron chi connectivity index (χ3n) is 3.61. The molecule has 0 aliphatic carbocycles. The van der Waals surface area contributed by atoms with Gasteiger partial charge in [0.25, 0.3) is 0 Å². The predicted molar refractivity (Wildman–Crippen MR) is 92.3 cm³/mol. The number of nitrogens with one attached hydrogen (secondary N) is 2. The van der Waals surface area contributed by atoms with Crippen LogP contribution in [0.3, 0.4) is 0 Å². The topological polar surface area (TPSA) is 95.5 Å². The fourth-order valence-corrected chi connectivity index (χ4v) is 3.48. The van der Waals surface area contributed by atoms with Crippen molar-refractivity contribution in [2.45, 2.75) is 31.2 Å². The Hall–Kier alpha value is -2.45. The van der Waals surface area contributed by atoms with Crippen LogP contribution in [0.1, 0.15) is 18.9 Å². The smallest absolute Gasteiger partial charge is 0.242 e. The largest absolute Gasteiger partial charge is 0.508 e. The minimum absolute atomic E-state index is 0.0690. The molecule has 1 amide bonds. The van der Waals surface area contributed by atoms with Gasteiger partial charge in [0.15, 0.2) is 0 Å². The summed E-state index contributed by atoms with van der Waals surface area (Å²) < 4.78 is 39.9. The molecule has 0 spiro atoms. The first kappa shape index (κ1) is 18.9. The molecule has 3 N–H and O–H groups in total. The molecule has 1 unspecified atom stereocenters. The summed E-state index contributed by atoms with van der Waals surface area (Å²) in [5.41, 5.74) is 1.12. The molecule has 0 bridgehead atoms. The summed E-state index contributed by atoms with van der Waals surface area (Å²) in [6.07, 6.45) is 0.226. The Balaban J connectivity index is 2.15. The number of halogens is 1. The molecular weight excluding hydrogens is 347 g/mol. The Morgan fingerprint density at radius 3 is 2.40 bits per heavy atom. The van der Waals surface area contributed by atoms with Gasteiger partial charge in [0, 0.05) is 5.69 Å². The van der Waals surface area contributed by atoms with Gasteiger partial charge in [0.2, 0.25) is 15.9 Å². The number of phenols is 1. The Kier molecular flexibility index (Phi) is 5.76.